The van der Waals surface area contributed by atoms with Crippen LogP contribution in [0.5, 0.6) is 0 Å². The number of para-hydroxylation sites is 1. The average molecular weight is 545 g/mol. The van der Waals surface area contributed by atoms with Crippen LogP contribution in [0.1, 0.15) is 38.2 Å². The number of carbonyl (C=O) groups is 3. The molecule has 5 atom stereocenters. The van der Waals surface area contributed by atoms with Gasteiger partial charge in [-0.05, 0) is 51.2 Å². The molecule has 5 rings (SSSR count). The molecule has 0 aliphatic carbocycles. The van der Waals surface area contributed by atoms with Crippen LogP contribution in [0.4, 0.5) is 5.69 Å². The smallest absolute Gasteiger partial charge is 0.311 e. The number of hydrogen-bond acceptors (Lipinski definition) is 6. The van der Waals surface area contributed by atoms with Gasteiger partial charge in [-0.3, -0.25) is 14.4 Å². The molecule has 9 heteroatoms. The van der Waals surface area contributed by atoms with E-state index in [1.165, 1.54) is 11.8 Å². The molecule has 7 nitrogen and oxygen atoms in total. The summed E-state index contributed by atoms with van der Waals surface area (Å²) in [4.78, 5) is 45.5. The minimum absolute atomic E-state index is 0.00657. The van der Waals surface area contributed by atoms with Crippen LogP contribution >= 0.6 is 23.4 Å². The number of amides is 2. The van der Waals surface area contributed by atoms with Crippen LogP contribution in [0.25, 0.3) is 0 Å². The number of hydrogen-bond donors (Lipinski definition) is 1. The molecule has 4 aliphatic rings. The number of aliphatic hydroxyl groups excluding tert-OH is 1. The summed E-state index contributed by atoms with van der Waals surface area (Å²) in [6, 6.07) is 4.72. The lowest BCUT2D eigenvalue weighted by Crippen LogP contribution is -2.53. The molecule has 0 aromatic heterocycles. The summed E-state index contributed by atoms with van der Waals surface area (Å²) in [6.45, 7) is 4.86. The van der Waals surface area contributed by atoms with Crippen molar-refractivity contribution in [2.45, 2.75) is 55.1 Å². The van der Waals surface area contributed by atoms with Crippen molar-refractivity contribution in [3.8, 4) is 0 Å². The monoisotopic (exact) mass is 544 g/mol. The molecular weight excluding hydrogens is 512 g/mol. The number of thioether (sulfide) groups is 1. The van der Waals surface area contributed by atoms with Gasteiger partial charge < -0.3 is 19.6 Å². The maximum Gasteiger partial charge on any atom is 0.311 e. The van der Waals surface area contributed by atoms with Crippen molar-refractivity contribution in [1.82, 2.24) is 4.90 Å². The Labute approximate surface area is 226 Å². The maximum atomic E-state index is 14.5. The Kier molecular flexibility index (Phi) is 7.20. The normalized spacial score (nSPS) is 34.2. The highest BCUT2D eigenvalue weighted by Crippen LogP contribution is 2.65. The quantitative estimate of drug-likeness (QED) is 0.344. The number of likely N-dealkylation sites (tertiary alicyclic amines) is 1. The van der Waals surface area contributed by atoms with Crippen molar-refractivity contribution < 1.29 is 24.2 Å². The maximum absolute atomic E-state index is 14.5. The first-order valence-electron chi connectivity index (χ1n) is 13.0. The minimum Gasteiger partial charge on any atom is -0.465 e. The van der Waals surface area contributed by atoms with Gasteiger partial charge in [0.25, 0.3) is 5.91 Å². The van der Waals surface area contributed by atoms with Gasteiger partial charge in [-0.1, -0.05) is 48.0 Å². The Morgan fingerprint density at radius 3 is 2.70 bits per heavy atom. The number of ether oxygens (including phenoxy) is 1. The van der Waals surface area contributed by atoms with Crippen LogP contribution in [0.3, 0.4) is 0 Å². The summed E-state index contributed by atoms with van der Waals surface area (Å²) in [6.07, 6.45) is 10.6. The number of unbranched alkanes of at least 4 members (excludes halogenated alkanes) is 1. The number of aryl methyl sites for hydroxylation is 1. The molecule has 2 saturated heterocycles. The third-order valence-corrected chi connectivity index (χ3v) is 10.1. The number of benzene rings is 1. The van der Waals surface area contributed by atoms with Gasteiger partial charge >= 0.3 is 5.97 Å². The van der Waals surface area contributed by atoms with E-state index in [2.05, 4.69) is 6.08 Å². The highest BCUT2D eigenvalue weighted by atomic mass is 35.5. The zero-order chi connectivity index (χ0) is 26.4. The Bertz CT molecular complexity index is 1150. The first-order chi connectivity index (χ1) is 17.7. The Morgan fingerprint density at radius 2 is 1.95 bits per heavy atom. The third-order valence-electron chi connectivity index (χ3n) is 8.02. The van der Waals surface area contributed by atoms with Crippen LogP contribution in [0, 0.1) is 18.8 Å². The number of anilines is 1. The summed E-state index contributed by atoms with van der Waals surface area (Å²) in [5.41, 5.74) is 1.51. The lowest BCUT2D eigenvalue weighted by atomic mass is 9.74. The van der Waals surface area contributed by atoms with Gasteiger partial charge in [0.1, 0.15) is 6.04 Å². The molecule has 1 N–H and O–H groups in total. The highest BCUT2D eigenvalue weighted by molar-refractivity contribution is 8.02. The van der Waals surface area contributed by atoms with Crippen molar-refractivity contribution in [2.24, 2.45) is 11.8 Å². The average Bonchev–Trinajstić information content (AvgIpc) is 3.20. The Balaban J connectivity index is 1.65. The standard InChI is InChI=1S/C28H33ClN2O5S/c1-18-10-8-11-19(29)22(18)30-15-9-13-28-20(24(33)31(14-5-6-16-32)23(28)25(30)34)21-26(35)36-17-7-3-4-12-27(21,2)37-28/h4,8-13,20-21,23,32H,3,5-7,14-17H2,1-2H3/b12-4-/t20-,21+,23?,27-,28-/m0/s1. The Morgan fingerprint density at radius 1 is 1.14 bits per heavy atom. The molecule has 198 valence electrons. The third kappa shape index (κ3) is 4.21. The number of nitrogens with zero attached hydrogens (tertiary/aromatic N) is 2. The minimum atomic E-state index is -0.931. The molecule has 2 fully saturated rings. The zero-order valence-corrected chi connectivity index (χ0v) is 22.8. The van der Waals surface area contributed by atoms with Gasteiger partial charge in [0, 0.05) is 24.4 Å². The second-order valence-corrected chi connectivity index (χ2v) is 12.6. The predicted octanol–water partition coefficient (Wildman–Crippen LogP) is 3.90. The molecule has 0 saturated carbocycles. The van der Waals surface area contributed by atoms with Crippen LogP contribution < -0.4 is 4.90 Å². The number of allylic oxidation sites excluding steroid dienone is 1. The van der Waals surface area contributed by atoms with E-state index in [-0.39, 0.29) is 24.4 Å². The van der Waals surface area contributed by atoms with Gasteiger partial charge in [-0.15, -0.1) is 11.8 Å². The number of rotatable bonds is 5. The zero-order valence-electron chi connectivity index (χ0n) is 21.2. The molecule has 1 unspecified atom stereocenters. The lowest BCUT2D eigenvalue weighted by molar-refractivity contribution is -0.154. The molecule has 0 bridgehead atoms. The summed E-state index contributed by atoms with van der Waals surface area (Å²) < 4.78 is 4.03. The van der Waals surface area contributed by atoms with Gasteiger partial charge in [-0.25, -0.2) is 0 Å². The van der Waals surface area contributed by atoms with Crippen molar-refractivity contribution in [1.29, 1.82) is 0 Å². The molecule has 2 amide bonds. The van der Waals surface area contributed by atoms with Gasteiger partial charge in [0.15, 0.2) is 0 Å². The van der Waals surface area contributed by atoms with E-state index >= 15 is 0 Å². The first kappa shape index (κ1) is 26.3. The second-order valence-electron chi connectivity index (χ2n) is 10.4. The number of esters is 1. The van der Waals surface area contributed by atoms with Gasteiger partial charge in [-0.2, -0.15) is 0 Å². The van der Waals surface area contributed by atoms with E-state index in [0.29, 0.717) is 43.2 Å². The van der Waals surface area contributed by atoms with E-state index in [1.54, 1.807) is 15.9 Å². The fourth-order valence-corrected chi connectivity index (χ4v) is 8.91. The largest absolute Gasteiger partial charge is 0.465 e. The van der Waals surface area contributed by atoms with E-state index in [1.807, 2.05) is 44.2 Å². The van der Waals surface area contributed by atoms with E-state index in [9.17, 15) is 19.5 Å². The summed E-state index contributed by atoms with van der Waals surface area (Å²) in [5, 5.41) is 9.85. The summed E-state index contributed by atoms with van der Waals surface area (Å²) >= 11 is 8.13. The molecule has 37 heavy (non-hydrogen) atoms. The fourth-order valence-electron chi connectivity index (χ4n) is 6.43. The first-order valence-corrected chi connectivity index (χ1v) is 14.1. The molecule has 1 aromatic rings. The number of aliphatic hydroxyl groups is 1. The van der Waals surface area contributed by atoms with Crippen LogP contribution in [-0.4, -0.2) is 69.6 Å². The second kappa shape index (κ2) is 10.1. The highest BCUT2D eigenvalue weighted by Gasteiger charge is 2.73. The van der Waals surface area contributed by atoms with Crippen LogP contribution in [-0.2, 0) is 19.1 Å². The van der Waals surface area contributed by atoms with Gasteiger partial charge in [0.2, 0.25) is 5.91 Å². The van der Waals surface area contributed by atoms with E-state index < -0.39 is 27.4 Å². The molecular formula is C28H33ClN2O5S. The van der Waals surface area contributed by atoms with Crippen molar-refractivity contribution in [3.63, 3.8) is 0 Å². The molecule has 0 radical (unpaired) electrons. The number of carbonyl (C=O) groups excluding carboxylic acids is 3. The molecule has 4 heterocycles. The molecule has 1 aromatic carbocycles. The number of fused-ring (bicyclic) bond motifs is 2. The lowest BCUT2D eigenvalue weighted by Gasteiger charge is -2.37. The number of halogens is 1. The van der Waals surface area contributed by atoms with E-state index in [4.69, 9.17) is 16.3 Å². The fraction of sp³-hybridized carbons (Fsp3) is 0.536. The van der Waals surface area contributed by atoms with E-state index in [0.717, 1.165) is 18.4 Å². The SMILES string of the molecule is Cc1cccc(Cl)c1N1CC=C[C@]23S[C@@]4(C)/C=C\CCCOC(=O)[C@H]4[C@H]2C(=O)N(CCCCO)C3C1=O. The summed E-state index contributed by atoms with van der Waals surface area (Å²) in [7, 11) is 0. The number of cyclic esters (lactones) is 1. The predicted molar refractivity (Wildman–Crippen MR) is 145 cm³/mol. The Hall–Kier alpha value is -2.29. The summed E-state index contributed by atoms with van der Waals surface area (Å²) in [5.74, 6) is -2.23. The van der Waals surface area contributed by atoms with Crippen molar-refractivity contribution in [2.75, 3.05) is 31.2 Å². The van der Waals surface area contributed by atoms with Crippen LogP contribution in [0.2, 0.25) is 5.02 Å². The van der Waals surface area contributed by atoms with Crippen LogP contribution in [0.15, 0.2) is 42.5 Å². The topological polar surface area (TPSA) is 87.2 Å². The van der Waals surface area contributed by atoms with Crippen molar-refractivity contribution in [3.05, 3.63) is 53.1 Å². The van der Waals surface area contributed by atoms with Crippen molar-refractivity contribution >= 4 is 46.8 Å². The molecule has 4 aliphatic heterocycles. The van der Waals surface area contributed by atoms with Gasteiger partial charge in [0.05, 0.1) is 33.9 Å². The molecule has 1 spiro atoms.